The first kappa shape index (κ1) is 12.4. The highest BCUT2D eigenvalue weighted by molar-refractivity contribution is 6.34. The molecule has 0 aliphatic carbocycles. The molecule has 0 fully saturated rings. The van der Waals surface area contributed by atoms with Crippen LogP contribution >= 0.6 is 11.6 Å². The molecule has 0 saturated carbocycles. The Balaban J connectivity index is 1.93. The van der Waals surface area contributed by atoms with Crippen molar-refractivity contribution in [1.82, 2.24) is 15.1 Å². The summed E-state index contributed by atoms with van der Waals surface area (Å²) in [6.07, 6.45) is 3.52. The van der Waals surface area contributed by atoms with E-state index < -0.39 is 0 Å². The zero-order valence-electron chi connectivity index (χ0n) is 9.64. The molecule has 3 N–H and O–H groups in total. The number of carbonyl (C=O) groups excluding carboxylic acids is 1. The highest BCUT2D eigenvalue weighted by Gasteiger charge is 2.09. The maximum absolute atomic E-state index is 11.9. The normalized spacial score (nSPS) is 10.3. The Kier molecular flexibility index (Phi) is 3.84. The van der Waals surface area contributed by atoms with Crippen molar-refractivity contribution >= 4 is 23.2 Å². The molecule has 1 heterocycles. The number of halogens is 1. The van der Waals surface area contributed by atoms with Gasteiger partial charge >= 0.3 is 0 Å². The molecule has 0 unspecified atom stereocenters. The molecule has 1 amide bonds. The summed E-state index contributed by atoms with van der Waals surface area (Å²) in [4.78, 5) is 11.9. The fourth-order valence-corrected chi connectivity index (χ4v) is 1.73. The molecule has 6 heteroatoms. The average Bonchev–Trinajstić information content (AvgIpc) is 2.85. The summed E-state index contributed by atoms with van der Waals surface area (Å²) in [6.45, 7) is 1.09. The van der Waals surface area contributed by atoms with Gasteiger partial charge in [-0.05, 0) is 24.3 Å². The lowest BCUT2D eigenvalue weighted by molar-refractivity contribution is 0.0952. The quantitative estimate of drug-likeness (QED) is 0.823. The Hall–Kier alpha value is -2.01. The number of nitrogens with one attached hydrogen (secondary N) is 1. The van der Waals surface area contributed by atoms with Crippen LogP contribution in [0.5, 0.6) is 0 Å². The van der Waals surface area contributed by atoms with Gasteiger partial charge in [0.15, 0.2) is 0 Å². The third-order valence-electron chi connectivity index (χ3n) is 2.42. The molecule has 5 nitrogen and oxygen atoms in total. The first-order valence-corrected chi connectivity index (χ1v) is 5.85. The van der Waals surface area contributed by atoms with Crippen LogP contribution < -0.4 is 11.1 Å². The summed E-state index contributed by atoms with van der Waals surface area (Å²) in [7, 11) is 0. The van der Waals surface area contributed by atoms with E-state index >= 15 is 0 Å². The number of benzene rings is 1. The largest absolute Gasteiger partial charge is 0.399 e. The number of rotatable bonds is 4. The Morgan fingerprint density at radius 1 is 1.50 bits per heavy atom. The molecular weight excluding hydrogens is 252 g/mol. The second-order valence-electron chi connectivity index (χ2n) is 3.76. The summed E-state index contributed by atoms with van der Waals surface area (Å²) in [5, 5.41) is 7.19. The van der Waals surface area contributed by atoms with Crippen molar-refractivity contribution in [3.05, 3.63) is 47.2 Å². The van der Waals surface area contributed by atoms with Crippen molar-refractivity contribution < 1.29 is 4.79 Å². The molecule has 94 valence electrons. The predicted molar refractivity (Wildman–Crippen MR) is 70.4 cm³/mol. The maximum atomic E-state index is 11.9. The topological polar surface area (TPSA) is 72.9 Å². The van der Waals surface area contributed by atoms with Crippen LogP contribution in [0.15, 0.2) is 36.7 Å². The van der Waals surface area contributed by atoms with E-state index in [0.29, 0.717) is 29.4 Å². The molecule has 0 radical (unpaired) electrons. The van der Waals surface area contributed by atoms with Gasteiger partial charge in [0.2, 0.25) is 0 Å². The average molecular weight is 265 g/mol. The van der Waals surface area contributed by atoms with Gasteiger partial charge in [0.25, 0.3) is 5.91 Å². The number of amides is 1. The number of hydrogen-bond acceptors (Lipinski definition) is 3. The second kappa shape index (κ2) is 5.55. The van der Waals surface area contributed by atoms with Crippen LogP contribution in [-0.2, 0) is 6.54 Å². The Bertz CT molecular complexity index is 539. The standard InChI is InChI=1S/C12H13ClN4O/c13-11-3-2-9(14)8-10(11)12(18)15-5-7-17-6-1-4-16-17/h1-4,6,8H,5,7,14H2,(H,15,18). The van der Waals surface area contributed by atoms with Gasteiger partial charge in [0, 0.05) is 24.6 Å². The first-order chi connectivity index (χ1) is 8.66. The minimum Gasteiger partial charge on any atom is -0.399 e. The van der Waals surface area contributed by atoms with Crippen molar-refractivity contribution in [2.24, 2.45) is 0 Å². The second-order valence-corrected chi connectivity index (χ2v) is 4.17. The monoisotopic (exact) mass is 264 g/mol. The van der Waals surface area contributed by atoms with E-state index in [1.165, 1.54) is 0 Å². The van der Waals surface area contributed by atoms with Crippen molar-refractivity contribution in [2.75, 3.05) is 12.3 Å². The van der Waals surface area contributed by atoms with Crippen LogP contribution in [0, 0.1) is 0 Å². The van der Waals surface area contributed by atoms with Crippen LogP contribution in [0.4, 0.5) is 5.69 Å². The number of nitrogens with two attached hydrogens (primary N) is 1. The van der Waals surface area contributed by atoms with Crippen LogP contribution in [0.1, 0.15) is 10.4 Å². The van der Waals surface area contributed by atoms with Crippen molar-refractivity contribution in [3.8, 4) is 0 Å². The molecule has 2 aromatic rings. The molecule has 1 aromatic heterocycles. The summed E-state index contributed by atoms with van der Waals surface area (Å²) < 4.78 is 1.74. The van der Waals surface area contributed by atoms with E-state index in [-0.39, 0.29) is 5.91 Å². The summed E-state index contributed by atoms with van der Waals surface area (Å²) in [6, 6.07) is 6.66. The fourth-order valence-electron chi connectivity index (χ4n) is 1.53. The predicted octanol–water partition coefficient (Wildman–Crippen LogP) is 1.55. The van der Waals surface area contributed by atoms with Crippen molar-refractivity contribution in [1.29, 1.82) is 0 Å². The molecule has 0 aliphatic heterocycles. The van der Waals surface area contributed by atoms with Crippen LogP contribution in [0.2, 0.25) is 5.02 Å². The van der Waals surface area contributed by atoms with Gasteiger partial charge in [-0.25, -0.2) is 0 Å². The minimum absolute atomic E-state index is 0.237. The van der Waals surface area contributed by atoms with E-state index in [9.17, 15) is 4.79 Å². The molecule has 18 heavy (non-hydrogen) atoms. The smallest absolute Gasteiger partial charge is 0.252 e. The van der Waals surface area contributed by atoms with Crippen LogP contribution in [-0.4, -0.2) is 22.2 Å². The maximum Gasteiger partial charge on any atom is 0.252 e. The van der Waals surface area contributed by atoms with Gasteiger partial charge in [-0.15, -0.1) is 0 Å². The zero-order valence-corrected chi connectivity index (χ0v) is 10.4. The molecule has 2 rings (SSSR count). The highest BCUT2D eigenvalue weighted by atomic mass is 35.5. The van der Waals surface area contributed by atoms with Gasteiger partial charge < -0.3 is 11.1 Å². The lowest BCUT2D eigenvalue weighted by Gasteiger charge is -2.07. The van der Waals surface area contributed by atoms with Gasteiger partial charge in [0.05, 0.1) is 17.1 Å². The third kappa shape index (κ3) is 3.01. The Morgan fingerprint density at radius 2 is 2.33 bits per heavy atom. The van der Waals surface area contributed by atoms with Crippen LogP contribution in [0.3, 0.4) is 0 Å². The molecule has 0 atom stereocenters. The molecule has 0 spiro atoms. The zero-order chi connectivity index (χ0) is 13.0. The number of hydrogen-bond donors (Lipinski definition) is 2. The summed E-state index contributed by atoms with van der Waals surface area (Å²) in [5.41, 5.74) is 6.52. The van der Waals surface area contributed by atoms with Gasteiger partial charge in [-0.3, -0.25) is 9.48 Å². The lowest BCUT2D eigenvalue weighted by atomic mass is 10.2. The highest BCUT2D eigenvalue weighted by Crippen LogP contribution is 2.18. The molecule has 0 bridgehead atoms. The van der Waals surface area contributed by atoms with E-state index in [2.05, 4.69) is 10.4 Å². The SMILES string of the molecule is Nc1ccc(Cl)c(C(=O)NCCn2cccn2)c1. The van der Waals surface area contributed by atoms with Gasteiger partial charge in [-0.2, -0.15) is 5.10 Å². The number of anilines is 1. The molecule has 0 saturated heterocycles. The molecule has 1 aromatic carbocycles. The lowest BCUT2D eigenvalue weighted by Crippen LogP contribution is -2.27. The van der Waals surface area contributed by atoms with Crippen LogP contribution in [0.25, 0.3) is 0 Å². The molecule has 0 aliphatic rings. The number of carbonyl (C=O) groups is 1. The summed E-state index contributed by atoms with van der Waals surface area (Å²) >= 11 is 5.94. The third-order valence-corrected chi connectivity index (χ3v) is 2.75. The van der Waals surface area contributed by atoms with Gasteiger partial charge in [-0.1, -0.05) is 11.6 Å². The number of nitrogen functional groups attached to an aromatic ring is 1. The van der Waals surface area contributed by atoms with Crippen molar-refractivity contribution in [3.63, 3.8) is 0 Å². The van der Waals surface area contributed by atoms with Crippen molar-refractivity contribution in [2.45, 2.75) is 6.54 Å². The van der Waals surface area contributed by atoms with E-state index in [0.717, 1.165) is 0 Å². The van der Waals surface area contributed by atoms with E-state index in [1.807, 2.05) is 12.3 Å². The number of nitrogens with zero attached hydrogens (tertiary/aromatic N) is 2. The minimum atomic E-state index is -0.237. The van der Waals surface area contributed by atoms with E-state index in [1.54, 1.807) is 29.1 Å². The summed E-state index contributed by atoms with van der Waals surface area (Å²) in [5.74, 6) is -0.237. The van der Waals surface area contributed by atoms with E-state index in [4.69, 9.17) is 17.3 Å². The Morgan fingerprint density at radius 3 is 3.06 bits per heavy atom. The van der Waals surface area contributed by atoms with Gasteiger partial charge in [0.1, 0.15) is 0 Å². The first-order valence-electron chi connectivity index (χ1n) is 5.47. The number of aromatic nitrogens is 2. The fraction of sp³-hybridized carbons (Fsp3) is 0.167. The Labute approximate surface area is 110 Å². The molecular formula is C12H13ClN4O.